The van der Waals surface area contributed by atoms with Gasteiger partial charge in [-0.1, -0.05) is 12.1 Å². The van der Waals surface area contributed by atoms with E-state index in [4.69, 9.17) is 9.47 Å². The number of benzene rings is 1. The van der Waals surface area contributed by atoms with Crippen molar-refractivity contribution in [2.75, 3.05) is 39.9 Å². The maximum absolute atomic E-state index is 12.5. The van der Waals surface area contributed by atoms with E-state index in [0.29, 0.717) is 39.0 Å². The molecule has 2 amide bonds. The minimum Gasteiger partial charge on any atom is -0.497 e. The predicted octanol–water partition coefficient (Wildman–Crippen LogP) is 1.87. The van der Waals surface area contributed by atoms with Crippen LogP contribution in [0.5, 0.6) is 5.75 Å². The molecule has 2 aliphatic rings. The number of hydrogen-bond donors (Lipinski definition) is 0. The van der Waals surface area contributed by atoms with Crippen LogP contribution in [0.1, 0.15) is 31.2 Å². The van der Waals surface area contributed by atoms with Gasteiger partial charge in [0.1, 0.15) is 5.75 Å². The topological polar surface area (TPSA) is 59.1 Å². The van der Waals surface area contributed by atoms with Crippen molar-refractivity contribution in [3.63, 3.8) is 0 Å². The van der Waals surface area contributed by atoms with Gasteiger partial charge in [0.2, 0.25) is 11.8 Å². The average Bonchev–Trinajstić information content (AvgIpc) is 3.20. The third kappa shape index (κ3) is 4.97. The number of ether oxygens (including phenoxy) is 2. The third-order valence-electron chi connectivity index (χ3n) is 5.18. The van der Waals surface area contributed by atoms with Crippen LogP contribution in [0.3, 0.4) is 0 Å². The standard InChI is InChI=1S/C20H28N2O4/c1-25-18-5-2-4-16(14-18)15-20(24)22-11-9-21(10-12-22)19(23)8-7-17-6-3-13-26-17/h2,4-5,14,17H,3,6-13,15H2,1H3/t17-/m0/s1. The summed E-state index contributed by atoms with van der Waals surface area (Å²) in [4.78, 5) is 28.6. The Morgan fingerprint density at radius 3 is 2.54 bits per heavy atom. The zero-order chi connectivity index (χ0) is 18.4. The van der Waals surface area contributed by atoms with Crippen LogP contribution in [0.25, 0.3) is 0 Å². The molecule has 0 N–H and O–H groups in total. The smallest absolute Gasteiger partial charge is 0.227 e. The van der Waals surface area contributed by atoms with Gasteiger partial charge < -0.3 is 19.3 Å². The Bertz CT molecular complexity index is 620. The molecule has 0 unspecified atom stereocenters. The maximum Gasteiger partial charge on any atom is 0.227 e. The van der Waals surface area contributed by atoms with Crippen LogP contribution in [-0.2, 0) is 20.7 Å². The van der Waals surface area contributed by atoms with Crippen LogP contribution in [0.2, 0.25) is 0 Å². The number of carbonyl (C=O) groups is 2. The molecule has 6 heteroatoms. The Labute approximate surface area is 155 Å². The van der Waals surface area contributed by atoms with E-state index in [2.05, 4.69) is 0 Å². The maximum atomic E-state index is 12.5. The van der Waals surface area contributed by atoms with Gasteiger partial charge in [-0.3, -0.25) is 9.59 Å². The summed E-state index contributed by atoms with van der Waals surface area (Å²) >= 11 is 0. The molecule has 26 heavy (non-hydrogen) atoms. The number of carbonyl (C=O) groups excluding carboxylic acids is 2. The van der Waals surface area contributed by atoms with E-state index in [9.17, 15) is 9.59 Å². The van der Waals surface area contributed by atoms with Gasteiger partial charge in [0.15, 0.2) is 0 Å². The Morgan fingerprint density at radius 2 is 1.88 bits per heavy atom. The molecule has 0 saturated carbocycles. The van der Waals surface area contributed by atoms with Crippen molar-refractivity contribution < 1.29 is 19.1 Å². The Kier molecular flexibility index (Phi) is 6.50. The SMILES string of the molecule is COc1cccc(CC(=O)N2CCN(C(=O)CC[C@@H]3CCCO3)CC2)c1. The summed E-state index contributed by atoms with van der Waals surface area (Å²) in [6.45, 7) is 3.28. The zero-order valence-corrected chi connectivity index (χ0v) is 15.5. The molecule has 0 spiro atoms. The monoisotopic (exact) mass is 360 g/mol. The summed E-state index contributed by atoms with van der Waals surface area (Å²) in [5, 5.41) is 0. The molecule has 2 fully saturated rings. The molecule has 2 heterocycles. The van der Waals surface area contributed by atoms with Crippen LogP contribution in [0.15, 0.2) is 24.3 Å². The molecule has 0 radical (unpaired) electrons. The lowest BCUT2D eigenvalue weighted by Crippen LogP contribution is -2.51. The highest BCUT2D eigenvalue weighted by Crippen LogP contribution is 2.18. The largest absolute Gasteiger partial charge is 0.497 e. The van der Waals surface area contributed by atoms with Gasteiger partial charge in [-0.25, -0.2) is 0 Å². The van der Waals surface area contributed by atoms with E-state index in [0.717, 1.165) is 37.2 Å². The molecule has 1 atom stereocenters. The van der Waals surface area contributed by atoms with Crippen LogP contribution < -0.4 is 4.74 Å². The van der Waals surface area contributed by atoms with E-state index >= 15 is 0 Å². The van der Waals surface area contributed by atoms with Gasteiger partial charge in [0, 0.05) is 39.2 Å². The molecule has 142 valence electrons. The first-order chi connectivity index (χ1) is 12.7. The van der Waals surface area contributed by atoms with Crippen LogP contribution in [0.4, 0.5) is 0 Å². The molecule has 1 aromatic carbocycles. The summed E-state index contributed by atoms with van der Waals surface area (Å²) in [6, 6.07) is 7.59. The van der Waals surface area contributed by atoms with Crippen LogP contribution >= 0.6 is 0 Å². The fourth-order valence-electron chi connectivity index (χ4n) is 3.59. The number of piperazine rings is 1. The summed E-state index contributed by atoms with van der Waals surface area (Å²) in [5.74, 6) is 1.04. The number of rotatable bonds is 6. The van der Waals surface area contributed by atoms with Crippen LogP contribution in [0, 0.1) is 0 Å². The number of nitrogens with zero attached hydrogens (tertiary/aromatic N) is 2. The number of methoxy groups -OCH3 is 1. The second kappa shape index (κ2) is 9.03. The second-order valence-electron chi connectivity index (χ2n) is 6.96. The van der Waals surface area contributed by atoms with Gasteiger partial charge in [-0.05, 0) is 37.0 Å². The molecular formula is C20H28N2O4. The number of hydrogen-bond acceptors (Lipinski definition) is 4. The molecule has 0 bridgehead atoms. The molecule has 2 aliphatic heterocycles. The van der Waals surface area contributed by atoms with Crippen molar-refractivity contribution in [1.29, 1.82) is 0 Å². The quantitative estimate of drug-likeness (QED) is 0.777. The first-order valence-electron chi connectivity index (χ1n) is 9.46. The molecule has 1 aromatic rings. The highest BCUT2D eigenvalue weighted by Gasteiger charge is 2.25. The molecule has 3 rings (SSSR count). The summed E-state index contributed by atoms with van der Waals surface area (Å²) in [7, 11) is 1.62. The lowest BCUT2D eigenvalue weighted by Gasteiger charge is -2.35. The minimum absolute atomic E-state index is 0.102. The summed E-state index contributed by atoms with van der Waals surface area (Å²) in [6.07, 6.45) is 4.15. The molecule has 0 aromatic heterocycles. The summed E-state index contributed by atoms with van der Waals surface area (Å²) in [5.41, 5.74) is 0.949. The lowest BCUT2D eigenvalue weighted by atomic mass is 10.1. The fraction of sp³-hybridized carbons (Fsp3) is 0.600. The summed E-state index contributed by atoms with van der Waals surface area (Å²) < 4.78 is 10.8. The van der Waals surface area contributed by atoms with Crippen molar-refractivity contribution in [3.05, 3.63) is 29.8 Å². The molecule has 2 saturated heterocycles. The van der Waals surface area contributed by atoms with Gasteiger partial charge in [-0.2, -0.15) is 0 Å². The van der Waals surface area contributed by atoms with Gasteiger partial charge in [0.25, 0.3) is 0 Å². The third-order valence-corrected chi connectivity index (χ3v) is 5.18. The predicted molar refractivity (Wildman–Crippen MR) is 98.1 cm³/mol. The Morgan fingerprint density at radius 1 is 1.15 bits per heavy atom. The van der Waals surface area contributed by atoms with Crippen molar-refractivity contribution in [3.8, 4) is 5.75 Å². The minimum atomic E-state index is 0.102. The normalized spacial score (nSPS) is 20.3. The highest BCUT2D eigenvalue weighted by atomic mass is 16.5. The average molecular weight is 360 g/mol. The highest BCUT2D eigenvalue weighted by molar-refractivity contribution is 5.80. The van der Waals surface area contributed by atoms with E-state index in [1.807, 2.05) is 34.1 Å². The Balaban J connectivity index is 1.42. The van der Waals surface area contributed by atoms with Crippen molar-refractivity contribution in [2.45, 2.75) is 38.2 Å². The lowest BCUT2D eigenvalue weighted by molar-refractivity contribution is -0.139. The first-order valence-corrected chi connectivity index (χ1v) is 9.46. The van der Waals surface area contributed by atoms with E-state index in [-0.39, 0.29) is 17.9 Å². The van der Waals surface area contributed by atoms with Crippen LogP contribution in [-0.4, -0.2) is 67.6 Å². The first kappa shape index (κ1) is 18.7. The van der Waals surface area contributed by atoms with Crippen molar-refractivity contribution in [2.24, 2.45) is 0 Å². The number of amides is 2. The van der Waals surface area contributed by atoms with Gasteiger partial charge in [0.05, 0.1) is 19.6 Å². The van der Waals surface area contributed by atoms with E-state index in [1.165, 1.54) is 0 Å². The van der Waals surface area contributed by atoms with Gasteiger partial charge >= 0.3 is 0 Å². The molecular weight excluding hydrogens is 332 g/mol. The fourth-order valence-corrected chi connectivity index (χ4v) is 3.59. The van der Waals surface area contributed by atoms with Crippen molar-refractivity contribution >= 4 is 11.8 Å². The second-order valence-corrected chi connectivity index (χ2v) is 6.96. The van der Waals surface area contributed by atoms with Gasteiger partial charge in [-0.15, -0.1) is 0 Å². The van der Waals surface area contributed by atoms with E-state index in [1.54, 1.807) is 7.11 Å². The zero-order valence-electron chi connectivity index (χ0n) is 15.5. The van der Waals surface area contributed by atoms with Crippen molar-refractivity contribution in [1.82, 2.24) is 9.80 Å². The molecule has 6 nitrogen and oxygen atoms in total. The Hall–Kier alpha value is -2.08. The van der Waals surface area contributed by atoms with E-state index < -0.39 is 0 Å². The molecule has 0 aliphatic carbocycles.